The highest BCUT2D eigenvalue weighted by atomic mass is 19.3. The van der Waals surface area contributed by atoms with Gasteiger partial charge in [-0.15, -0.1) is 0 Å². The van der Waals surface area contributed by atoms with E-state index in [1.165, 1.54) is 67.2 Å². The summed E-state index contributed by atoms with van der Waals surface area (Å²) in [6.07, 6.45) is 12.3. The van der Waals surface area contributed by atoms with Crippen molar-refractivity contribution >= 4 is 46.3 Å². The van der Waals surface area contributed by atoms with Gasteiger partial charge in [-0.25, -0.2) is 19.0 Å². The Bertz CT molecular complexity index is 4230. The van der Waals surface area contributed by atoms with Gasteiger partial charge in [0, 0.05) is 115 Å². The number of halogens is 4. The van der Waals surface area contributed by atoms with E-state index >= 15 is 0 Å². The Labute approximate surface area is 505 Å². The van der Waals surface area contributed by atoms with Gasteiger partial charge in [-0.3, -0.25) is 28.5 Å². The molecule has 28 heteroatoms. The average molecular weight is 1220 g/mol. The van der Waals surface area contributed by atoms with Crippen LogP contribution in [0.15, 0.2) is 141 Å². The highest BCUT2D eigenvalue weighted by molar-refractivity contribution is 6.10. The van der Waals surface area contributed by atoms with Gasteiger partial charge in [0.05, 0.1) is 34.9 Å². The quantitative estimate of drug-likeness (QED) is 0.0861. The number of aryl methyl sites for hydroxylation is 3. The molecule has 8 heterocycles. The van der Waals surface area contributed by atoms with Gasteiger partial charge in [-0.2, -0.15) is 38.0 Å². The minimum atomic E-state index is -3.10. The predicted octanol–water partition coefficient (Wildman–Crippen LogP) is 8.64. The third kappa shape index (κ3) is 13.8. The first-order valence-electron chi connectivity index (χ1n) is 27.9. The molecule has 10 aromatic rings. The third-order valence-electron chi connectivity index (χ3n) is 14.6. The number of anilines is 2. The van der Waals surface area contributed by atoms with Crippen molar-refractivity contribution in [3.63, 3.8) is 0 Å². The van der Waals surface area contributed by atoms with E-state index in [1.807, 2.05) is 30.8 Å². The Morgan fingerprint density at radius 3 is 1.40 bits per heavy atom. The van der Waals surface area contributed by atoms with Gasteiger partial charge in [0.25, 0.3) is 23.6 Å². The summed E-state index contributed by atoms with van der Waals surface area (Å²) in [6, 6.07) is 23.9. The van der Waals surface area contributed by atoms with E-state index in [0.717, 1.165) is 31.7 Å². The zero-order valence-electron chi connectivity index (χ0n) is 48.6. The first-order chi connectivity index (χ1) is 42.9. The number of ether oxygens (including phenoxy) is 4. The molecular formula is C61H58F4N16O8. The number of benzene rings is 4. The molecule has 458 valence electrons. The molecule has 2 saturated heterocycles. The minimum absolute atomic E-state index is 0.0347. The fourth-order valence-corrected chi connectivity index (χ4v) is 10.1. The van der Waals surface area contributed by atoms with Crippen molar-refractivity contribution in [3.8, 4) is 57.0 Å². The average Bonchev–Trinajstić information content (AvgIpc) is 2.53. The first kappa shape index (κ1) is 60.0. The number of nitrogens with one attached hydrogen (secondary N) is 2. The molecule has 4 amide bonds. The molecule has 0 saturated carbocycles. The van der Waals surface area contributed by atoms with Gasteiger partial charge >= 0.3 is 13.2 Å². The molecule has 0 aliphatic carbocycles. The number of rotatable bonds is 16. The number of carbonyl (C=O) groups is 4. The Hall–Kier alpha value is -10.7. The SMILES string of the molecule is CN1CCN(C(=O)c2ccc(Oc3ccc(OC(F)F)c(-c4nn(C)cc4NC(=O)c4cnn5cccnc45)c3)cc2)CC1.Cc1cc(Oc2ccc(OC(F)F)c(-c3nn(C)cc3NC(=O)c3cnn4cccnc34)c2)ccc1C(=O)N1CCN(C)CC1. The molecule has 89 heavy (non-hydrogen) atoms. The standard InChI is InChI=1S/C31H30F2N8O4.C30H28F2N8O4/c1-19-15-20(5-7-22(19)30(43)40-13-11-38(2)12-14-40)44-21-6-8-26(45-31(32)33)23(16-21)27-25(18-39(3)37-27)36-29(42)24-17-35-41-10-4-9-34-28(24)41;1-37-12-14-39(15-13-37)29(42)19-4-6-20(7-5-19)43-21-8-9-25(44-30(31)32)22(16-21)26-24(18-38(2)36-26)35-28(41)23-17-34-40-11-3-10-33-27(23)40/h4-10,15-18,31H,11-14H2,1-3H3,(H,36,42);3-11,16-18,30H,12-15H2,1-2H3,(H,35,41). The number of aromatic nitrogens is 10. The number of carbonyl (C=O) groups excluding carboxylic acids is 4. The van der Waals surface area contributed by atoms with Gasteiger partial charge in [-0.1, -0.05) is 0 Å². The topological polar surface area (TPSA) is 238 Å². The van der Waals surface area contributed by atoms with Crippen molar-refractivity contribution in [2.45, 2.75) is 20.1 Å². The molecule has 0 atom stereocenters. The number of likely N-dealkylation sites (N-methyl/N-ethyl adjacent to an activating group) is 2. The molecule has 2 aliphatic heterocycles. The van der Waals surface area contributed by atoms with Crippen LogP contribution in [0.25, 0.3) is 33.8 Å². The second kappa shape index (κ2) is 26.1. The van der Waals surface area contributed by atoms with Crippen molar-refractivity contribution in [1.29, 1.82) is 0 Å². The zero-order chi connectivity index (χ0) is 62.5. The molecule has 6 aromatic heterocycles. The van der Waals surface area contributed by atoms with E-state index in [-0.39, 0.29) is 68.3 Å². The summed E-state index contributed by atoms with van der Waals surface area (Å²) in [6.45, 7) is 1.56. The summed E-state index contributed by atoms with van der Waals surface area (Å²) in [5.41, 5.74) is 4.19. The van der Waals surface area contributed by atoms with Crippen molar-refractivity contribution in [2.75, 3.05) is 77.1 Å². The maximum absolute atomic E-state index is 13.4. The van der Waals surface area contributed by atoms with Crippen molar-refractivity contribution in [2.24, 2.45) is 14.1 Å². The monoisotopic (exact) mass is 1220 g/mol. The predicted molar refractivity (Wildman–Crippen MR) is 317 cm³/mol. The van der Waals surface area contributed by atoms with E-state index in [0.29, 0.717) is 71.6 Å². The van der Waals surface area contributed by atoms with Crippen LogP contribution in [0.2, 0.25) is 0 Å². The molecule has 12 rings (SSSR count). The van der Waals surface area contributed by atoms with Crippen LogP contribution in [0.3, 0.4) is 0 Å². The molecule has 0 bridgehead atoms. The summed E-state index contributed by atoms with van der Waals surface area (Å²) in [5.74, 6) is 0.0627. The maximum Gasteiger partial charge on any atom is 0.387 e. The number of fused-ring (bicyclic) bond motifs is 2. The summed E-state index contributed by atoms with van der Waals surface area (Å²) < 4.78 is 81.1. The lowest BCUT2D eigenvalue weighted by molar-refractivity contribution is -0.0501. The summed E-state index contributed by atoms with van der Waals surface area (Å²) in [7, 11) is 7.33. The fourth-order valence-electron chi connectivity index (χ4n) is 10.1. The first-order valence-corrected chi connectivity index (χ1v) is 27.9. The number of alkyl halides is 4. The van der Waals surface area contributed by atoms with Gasteiger partial charge in [-0.05, 0) is 118 Å². The smallest absolute Gasteiger partial charge is 0.387 e. The Morgan fingerprint density at radius 2 is 0.944 bits per heavy atom. The minimum Gasteiger partial charge on any atom is -0.457 e. The largest absolute Gasteiger partial charge is 0.457 e. The number of amides is 4. The molecule has 4 aromatic carbocycles. The van der Waals surface area contributed by atoms with Gasteiger partial charge in [0.1, 0.15) is 57.0 Å². The maximum atomic E-state index is 13.4. The number of hydrogen-bond acceptors (Lipinski definition) is 16. The van der Waals surface area contributed by atoms with Crippen LogP contribution in [0, 0.1) is 6.92 Å². The van der Waals surface area contributed by atoms with E-state index in [4.69, 9.17) is 18.9 Å². The lowest BCUT2D eigenvalue weighted by Crippen LogP contribution is -2.47. The Kier molecular flexibility index (Phi) is 17.6. The lowest BCUT2D eigenvalue weighted by Gasteiger charge is -2.32. The van der Waals surface area contributed by atoms with E-state index < -0.39 is 25.0 Å². The molecule has 2 aliphatic rings. The molecule has 2 fully saturated rings. The zero-order valence-corrected chi connectivity index (χ0v) is 48.6. The van der Waals surface area contributed by atoms with Crippen molar-refractivity contribution in [3.05, 3.63) is 168 Å². The lowest BCUT2D eigenvalue weighted by atomic mass is 10.1. The van der Waals surface area contributed by atoms with Crippen LogP contribution in [0.1, 0.15) is 47.0 Å². The van der Waals surface area contributed by atoms with Gasteiger partial charge < -0.3 is 49.2 Å². The van der Waals surface area contributed by atoms with Crippen molar-refractivity contribution < 1.29 is 55.7 Å². The van der Waals surface area contributed by atoms with Gasteiger partial charge in [0.15, 0.2) is 11.3 Å². The summed E-state index contributed by atoms with van der Waals surface area (Å²) >= 11 is 0. The van der Waals surface area contributed by atoms with E-state index in [9.17, 15) is 36.7 Å². The molecular weight excluding hydrogens is 1160 g/mol. The second-order valence-corrected chi connectivity index (χ2v) is 20.9. The highest BCUT2D eigenvalue weighted by Crippen LogP contribution is 2.41. The summed E-state index contributed by atoms with van der Waals surface area (Å²) in [4.78, 5) is 68.9. The van der Waals surface area contributed by atoms with Gasteiger partial charge in [0.2, 0.25) is 0 Å². The number of piperazine rings is 2. The highest BCUT2D eigenvalue weighted by Gasteiger charge is 2.27. The van der Waals surface area contributed by atoms with Crippen LogP contribution in [-0.2, 0) is 14.1 Å². The molecule has 0 spiro atoms. The Balaban J connectivity index is 0.000000184. The third-order valence-corrected chi connectivity index (χ3v) is 14.6. The molecule has 0 radical (unpaired) electrons. The van der Waals surface area contributed by atoms with Crippen LogP contribution >= 0.6 is 0 Å². The number of hydrogen-bond donors (Lipinski definition) is 2. The Morgan fingerprint density at radius 1 is 0.517 bits per heavy atom. The van der Waals surface area contributed by atoms with Crippen LogP contribution in [-0.4, -0.2) is 172 Å². The van der Waals surface area contributed by atoms with E-state index in [2.05, 4.69) is 50.8 Å². The summed E-state index contributed by atoms with van der Waals surface area (Å²) in [5, 5.41) is 22.7. The molecule has 2 N–H and O–H groups in total. The van der Waals surface area contributed by atoms with Crippen LogP contribution in [0.5, 0.6) is 34.5 Å². The number of nitrogens with zero attached hydrogens (tertiary/aromatic N) is 14. The van der Waals surface area contributed by atoms with Crippen molar-refractivity contribution in [1.82, 2.24) is 68.4 Å². The van der Waals surface area contributed by atoms with Crippen LogP contribution < -0.4 is 29.6 Å². The fraction of sp³-hybridized carbons (Fsp3) is 0.246. The molecule has 24 nitrogen and oxygen atoms in total. The molecule has 0 unspecified atom stereocenters. The second-order valence-electron chi connectivity index (χ2n) is 20.9. The van der Waals surface area contributed by atoms with E-state index in [1.54, 1.807) is 106 Å². The normalized spacial score (nSPS) is 13.8. The van der Waals surface area contributed by atoms with Crippen LogP contribution in [0.4, 0.5) is 28.9 Å².